The Kier molecular flexibility index (Phi) is 2.73. The standard InChI is InChI=1S/C11H13BrFNO/c12-8-1-2-9(13)10(15)7(8)3-4-11(14)5-6-11/h1-2,15H,3-6,14H2. The minimum atomic E-state index is -0.574. The predicted molar refractivity (Wildman–Crippen MR) is 60.2 cm³/mol. The maximum atomic E-state index is 13.1. The molecule has 3 N–H and O–H groups in total. The highest BCUT2D eigenvalue weighted by Gasteiger charge is 2.37. The second-order valence-corrected chi connectivity index (χ2v) is 5.07. The number of nitrogens with two attached hydrogens (primary N) is 1. The summed E-state index contributed by atoms with van der Waals surface area (Å²) in [4.78, 5) is 0. The monoisotopic (exact) mass is 273 g/mol. The largest absolute Gasteiger partial charge is 0.505 e. The van der Waals surface area contributed by atoms with E-state index in [-0.39, 0.29) is 11.3 Å². The van der Waals surface area contributed by atoms with Gasteiger partial charge in [-0.05, 0) is 37.8 Å². The van der Waals surface area contributed by atoms with E-state index < -0.39 is 5.82 Å². The average Bonchev–Trinajstić information content (AvgIpc) is 2.91. The van der Waals surface area contributed by atoms with Crippen LogP contribution in [0.3, 0.4) is 0 Å². The van der Waals surface area contributed by atoms with E-state index in [2.05, 4.69) is 15.9 Å². The molecule has 1 saturated carbocycles. The molecular weight excluding hydrogens is 261 g/mol. The van der Waals surface area contributed by atoms with Crippen LogP contribution in [0.25, 0.3) is 0 Å². The van der Waals surface area contributed by atoms with Crippen molar-refractivity contribution < 1.29 is 9.50 Å². The zero-order valence-electron chi connectivity index (χ0n) is 8.26. The second-order valence-electron chi connectivity index (χ2n) is 4.22. The molecule has 1 aliphatic carbocycles. The minimum Gasteiger partial charge on any atom is -0.505 e. The fourth-order valence-electron chi connectivity index (χ4n) is 1.61. The quantitative estimate of drug-likeness (QED) is 0.890. The molecule has 1 fully saturated rings. The Hall–Kier alpha value is -0.610. The van der Waals surface area contributed by atoms with Crippen LogP contribution in [0, 0.1) is 5.82 Å². The van der Waals surface area contributed by atoms with Gasteiger partial charge in [0.2, 0.25) is 0 Å². The zero-order chi connectivity index (χ0) is 11.1. The third-order valence-corrected chi connectivity index (χ3v) is 3.68. The van der Waals surface area contributed by atoms with Crippen molar-refractivity contribution in [3.63, 3.8) is 0 Å². The predicted octanol–water partition coefficient (Wildman–Crippen LogP) is 2.72. The van der Waals surface area contributed by atoms with E-state index in [0.29, 0.717) is 12.0 Å². The molecule has 4 heteroatoms. The van der Waals surface area contributed by atoms with Crippen LogP contribution < -0.4 is 5.73 Å². The number of hydrogen-bond donors (Lipinski definition) is 2. The molecule has 0 bridgehead atoms. The van der Waals surface area contributed by atoms with Gasteiger partial charge in [-0.2, -0.15) is 0 Å². The first-order valence-corrected chi connectivity index (χ1v) is 5.76. The Balaban J connectivity index is 2.16. The van der Waals surface area contributed by atoms with Crippen LogP contribution >= 0.6 is 15.9 Å². The van der Waals surface area contributed by atoms with E-state index in [0.717, 1.165) is 23.7 Å². The molecule has 0 atom stereocenters. The summed E-state index contributed by atoms with van der Waals surface area (Å²) in [7, 11) is 0. The van der Waals surface area contributed by atoms with Gasteiger partial charge < -0.3 is 10.8 Å². The van der Waals surface area contributed by atoms with Crippen molar-refractivity contribution in [2.24, 2.45) is 5.73 Å². The fourth-order valence-corrected chi connectivity index (χ4v) is 2.12. The molecular formula is C11H13BrFNO. The van der Waals surface area contributed by atoms with E-state index in [1.807, 2.05) is 0 Å². The zero-order valence-corrected chi connectivity index (χ0v) is 9.85. The van der Waals surface area contributed by atoms with E-state index in [4.69, 9.17) is 5.73 Å². The van der Waals surface area contributed by atoms with Gasteiger partial charge >= 0.3 is 0 Å². The van der Waals surface area contributed by atoms with Gasteiger partial charge in [-0.3, -0.25) is 0 Å². The lowest BCUT2D eigenvalue weighted by Gasteiger charge is -2.11. The number of aromatic hydroxyl groups is 1. The highest BCUT2D eigenvalue weighted by atomic mass is 79.9. The van der Waals surface area contributed by atoms with Crippen LogP contribution in [0.2, 0.25) is 0 Å². The molecule has 15 heavy (non-hydrogen) atoms. The molecule has 1 aromatic rings. The van der Waals surface area contributed by atoms with Crippen LogP contribution in [0.15, 0.2) is 16.6 Å². The molecule has 82 valence electrons. The van der Waals surface area contributed by atoms with Gasteiger partial charge in [0.25, 0.3) is 0 Å². The molecule has 2 nitrogen and oxygen atoms in total. The Bertz CT molecular complexity index is 390. The topological polar surface area (TPSA) is 46.2 Å². The third kappa shape index (κ3) is 2.32. The van der Waals surface area contributed by atoms with Crippen molar-refractivity contribution in [2.75, 3.05) is 0 Å². The molecule has 0 aromatic heterocycles. The Labute approximate surface area is 96.4 Å². The summed E-state index contributed by atoms with van der Waals surface area (Å²) < 4.78 is 13.8. The van der Waals surface area contributed by atoms with Gasteiger partial charge in [0, 0.05) is 15.6 Å². The van der Waals surface area contributed by atoms with Gasteiger partial charge in [-0.25, -0.2) is 4.39 Å². The van der Waals surface area contributed by atoms with Crippen molar-refractivity contribution in [3.8, 4) is 5.75 Å². The van der Waals surface area contributed by atoms with Crippen LogP contribution in [0.4, 0.5) is 4.39 Å². The minimum absolute atomic E-state index is 0.0712. The van der Waals surface area contributed by atoms with Crippen LogP contribution in [-0.4, -0.2) is 10.6 Å². The maximum absolute atomic E-state index is 13.1. The van der Waals surface area contributed by atoms with Crippen LogP contribution in [0.1, 0.15) is 24.8 Å². The lowest BCUT2D eigenvalue weighted by atomic mass is 10.0. The van der Waals surface area contributed by atoms with Crippen molar-refractivity contribution in [3.05, 3.63) is 28.0 Å². The lowest BCUT2D eigenvalue weighted by Crippen LogP contribution is -2.22. The molecule has 0 spiro atoms. The average molecular weight is 274 g/mol. The summed E-state index contributed by atoms with van der Waals surface area (Å²) in [6.07, 6.45) is 3.46. The molecule has 1 aromatic carbocycles. The fraction of sp³-hybridized carbons (Fsp3) is 0.455. The summed E-state index contributed by atoms with van der Waals surface area (Å²) in [5.41, 5.74) is 6.49. The number of phenols is 1. The van der Waals surface area contributed by atoms with E-state index in [1.165, 1.54) is 6.07 Å². The summed E-state index contributed by atoms with van der Waals surface area (Å²) in [5.74, 6) is -0.830. The summed E-state index contributed by atoms with van der Waals surface area (Å²) in [6, 6.07) is 2.86. The van der Waals surface area contributed by atoms with Gasteiger partial charge in [-0.1, -0.05) is 15.9 Å². The maximum Gasteiger partial charge on any atom is 0.165 e. The van der Waals surface area contributed by atoms with Crippen molar-refractivity contribution >= 4 is 15.9 Å². The highest BCUT2D eigenvalue weighted by Crippen LogP contribution is 2.39. The van der Waals surface area contributed by atoms with Gasteiger partial charge in [0.1, 0.15) is 0 Å². The molecule has 0 unspecified atom stereocenters. The molecule has 0 amide bonds. The first-order chi connectivity index (χ1) is 7.02. The Morgan fingerprint density at radius 2 is 2.13 bits per heavy atom. The molecule has 2 rings (SSSR count). The molecule has 0 aliphatic heterocycles. The summed E-state index contributed by atoms with van der Waals surface area (Å²) in [5, 5.41) is 9.55. The van der Waals surface area contributed by atoms with E-state index in [1.54, 1.807) is 6.07 Å². The highest BCUT2D eigenvalue weighted by molar-refractivity contribution is 9.10. The van der Waals surface area contributed by atoms with Crippen molar-refractivity contribution in [2.45, 2.75) is 31.2 Å². The van der Waals surface area contributed by atoms with E-state index >= 15 is 0 Å². The second kappa shape index (κ2) is 3.76. The van der Waals surface area contributed by atoms with Crippen LogP contribution in [0.5, 0.6) is 5.75 Å². The third-order valence-electron chi connectivity index (χ3n) is 2.94. The van der Waals surface area contributed by atoms with Crippen LogP contribution in [-0.2, 0) is 6.42 Å². The Morgan fingerprint density at radius 3 is 2.73 bits per heavy atom. The summed E-state index contributed by atoms with van der Waals surface area (Å²) in [6.45, 7) is 0. The van der Waals surface area contributed by atoms with Gasteiger partial charge in [0.15, 0.2) is 11.6 Å². The number of rotatable bonds is 3. The normalized spacial score (nSPS) is 17.8. The number of halogens is 2. The van der Waals surface area contributed by atoms with Crippen molar-refractivity contribution in [1.29, 1.82) is 0 Å². The number of benzene rings is 1. The number of hydrogen-bond acceptors (Lipinski definition) is 2. The molecule has 0 radical (unpaired) electrons. The first-order valence-electron chi connectivity index (χ1n) is 4.97. The molecule has 0 saturated heterocycles. The molecule has 1 aliphatic rings. The van der Waals surface area contributed by atoms with Gasteiger partial charge in [0.05, 0.1) is 0 Å². The number of phenolic OH excluding ortho intramolecular Hbond substituents is 1. The smallest absolute Gasteiger partial charge is 0.165 e. The van der Waals surface area contributed by atoms with E-state index in [9.17, 15) is 9.50 Å². The van der Waals surface area contributed by atoms with Gasteiger partial charge in [-0.15, -0.1) is 0 Å². The Morgan fingerprint density at radius 1 is 1.47 bits per heavy atom. The summed E-state index contributed by atoms with van der Waals surface area (Å²) >= 11 is 3.30. The lowest BCUT2D eigenvalue weighted by molar-refractivity contribution is 0.422. The van der Waals surface area contributed by atoms with Crippen molar-refractivity contribution in [1.82, 2.24) is 0 Å². The first kappa shape index (κ1) is 10.9. The molecule has 0 heterocycles. The SMILES string of the molecule is NC1(CCc2c(Br)ccc(F)c2O)CC1.